The van der Waals surface area contributed by atoms with E-state index >= 15 is 0 Å². The van der Waals surface area contributed by atoms with Gasteiger partial charge in [-0.25, -0.2) is 4.98 Å². The summed E-state index contributed by atoms with van der Waals surface area (Å²) in [6.07, 6.45) is 1.63. The Kier molecular flexibility index (Phi) is 4.86. The fourth-order valence-electron chi connectivity index (χ4n) is 1.41. The monoisotopic (exact) mass is 353 g/mol. The summed E-state index contributed by atoms with van der Waals surface area (Å²) in [5.41, 5.74) is 4.60. The molecule has 0 aliphatic heterocycles. The highest BCUT2D eigenvalue weighted by atomic mass is 79.9. The number of ether oxygens (including phenoxy) is 1. The normalized spacial score (nSPS) is 10.8. The third-order valence-electron chi connectivity index (χ3n) is 2.21. The second kappa shape index (κ2) is 6.62. The van der Waals surface area contributed by atoms with E-state index in [9.17, 15) is 4.79 Å². The first-order chi connectivity index (χ1) is 9.54. The minimum Gasteiger partial charge on any atom is -0.427 e. The zero-order valence-electron chi connectivity index (χ0n) is 10.9. The van der Waals surface area contributed by atoms with Crippen molar-refractivity contribution in [3.05, 3.63) is 39.3 Å². The summed E-state index contributed by atoms with van der Waals surface area (Å²) in [5, 5.41) is 6.78. The number of hydrogen-bond acceptors (Lipinski definition) is 6. The van der Waals surface area contributed by atoms with Crippen molar-refractivity contribution in [1.29, 1.82) is 0 Å². The van der Waals surface area contributed by atoms with Gasteiger partial charge in [0.2, 0.25) is 5.13 Å². The molecule has 7 heteroatoms. The largest absolute Gasteiger partial charge is 0.427 e. The predicted molar refractivity (Wildman–Crippen MR) is 83.5 cm³/mol. The molecule has 1 aromatic heterocycles. The number of carbonyl (C=O) groups excluding carboxylic acids is 1. The summed E-state index contributed by atoms with van der Waals surface area (Å²) in [6.45, 7) is 3.28. The molecule has 2 aromatic rings. The molecule has 0 bridgehead atoms. The first-order valence-electron chi connectivity index (χ1n) is 5.74. The van der Waals surface area contributed by atoms with Crippen molar-refractivity contribution in [3.8, 4) is 5.75 Å². The molecule has 1 aromatic carbocycles. The standard InChI is InChI=1S/C13H12BrN3O2S/c1-8-7-20-13(16-8)17-15-6-10-5-11(19-9(2)18)3-4-12(10)14/h3-7H,1-2H3,(H,16,17). The van der Waals surface area contributed by atoms with E-state index in [2.05, 4.69) is 31.4 Å². The van der Waals surface area contributed by atoms with Crippen LogP contribution in [0.2, 0.25) is 0 Å². The molecule has 20 heavy (non-hydrogen) atoms. The van der Waals surface area contributed by atoms with Gasteiger partial charge in [-0.3, -0.25) is 10.2 Å². The molecule has 2 rings (SSSR count). The summed E-state index contributed by atoms with van der Waals surface area (Å²) >= 11 is 4.90. The molecule has 0 saturated heterocycles. The smallest absolute Gasteiger partial charge is 0.308 e. The predicted octanol–water partition coefficient (Wildman–Crippen LogP) is 3.59. The van der Waals surface area contributed by atoms with Gasteiger partial charge in [0.15, 0.2) is 0 Å². The van der Waals surface area contributed by atoms with E-state index in [1.165, 1.54) is 18.3 Å². The lowest BCUT2D eigenvalue weighted by Gasteiger charge is -2.03. The van der Waals surface area contributed by atoms with Gasteiger partial charge >= 0.3 is 5.97 Å². The number of carbonyl (C=O) groups is 1. The van der Waals surface area contributed by atoms with E-state index in [1.807, 2.05) is 12.3 Å². The zero-order valence-corrected chi connectivity index (χ0v) is 13.3. The van der Waals surface area contributed by atoms with Crippen LogP contribution in [0, 0.1) is 6.92 Å². The minimum absolute atomic E-state index is 0.355. The maximum Gasteiger partial charge on any atom is 0.308 e. The first kappa shape index (κ1) is 14.7. The Morgan fingerprint density at radius 1 is 1.55 bits per heavy atom. The van der Waals surface area contributed by atoms with Gasteiger partial charge in [-0.05, 0) is 25.1 Å². The summed E-state index contributed by atoms with van der Waals surface area (Å²) in [6, 6.07) is 5.23. The van der Waals surface area contributed by atoms with Gasteiger partial charge in [0.25, 0.3) is 0 Å². The van der Waals surface area contributed by atoms with Gasteiger partial charge in [0.1, 0.15) is 5.75 Å². The number of hydrazone groups is 1. The summed E-state index contributed by atoms with van der Waals surface area (Å²) < 4.78 is 5.88. The molecular formula is C13H12BrN3O2S. The molecule has 0 radical (unpaired) electrons. The van der Waals surface area contributed by atoms with Crippen LogP contribution in [0.15, 0.2) is 33.2 Å². The molecule has 0 aliphatic carbocycles. The van der Waals surface area contributed by atoms with Crippen LogP contribution in [0.4, 0.5) is 5.13 Å². The van der Waals surface area contributed by atoms with Crippen LogP contribution in [0.1, 0.15) is 18.2 Å². The van der Waals surface area contributed by atoms with Crippen molar-refractivity contribution in [2.45, 2.75) is 13.8 Å². The number of hydrogen-bond donors (Lipinski definition) is 1. The second-order valence-corrected chi connectivity index (χ2v) is 5.65. The average Bonchev–Trinajstić information content (AvgIpc) is 2.78. The highest BCUT2D eigenvalue weighted by Crippen LogP contribution is 2.21. The summed E-state index contributed by atoms with van der Waals surface area (Å²) in [5.74, 6) is 0.124. The lowest BCUT2D eigenvalue weighted by molar-refractivity contribution is -0.131. The van der Waals surface area contributed by atoms with E-state index < -0.39 is 0 Å². The van der Waals surface area contributed by atoms with Crippen LogP contribution in [0.25, 0.3) is 0 Å². The number of aromatic nitrogens is 1. The SMILES string of the molecule is CC(=O)Oc1ccc(Br)c(C=NNc2nc(C)cs2)c1. The van der Waals surface area contributed by atoms with E-state index in [0.29, 0.717) is 5.75 Å². The van der Waals surface area contributed by atoms with Gasteiger partial charge in [0.05, 0.1) is 11.9 Å². The van der Waals surface area contributed by atoms with Crippen LogP contribution in [0.5, 0.6) is 5.75 Å². The van der Waals surface area contributed by atoms with Gasteiger partial charge < -0.3 is 4.74 Å². The van der Waals surface area contributed by atoms with Crippen molar-refractivity contribution < 1.29 is 9.53 Å². The summed E-state index contributed by atoms with van der Waals surface area (Å²) in [4.78, 5) is 15.2. The van der Waals surface area contributed by atoms with Crippen molar-refractivity contribution in [1.82, 2.24) is 4.98 Å². The molecule has 0 saturated carbocycles. The maximum atomic E-state index is 10.9. The summed E-state index contributed by atoms with van der Waals surface area (Å²) in [7, 11) is 0. The number of rotatable bonds is 4. The number of halogens is 1. The molecule has 1 heterocycles. The molecule has 0 aliphatic rings. The Hall–Kier alpha value is -1.73. The van der Waals surface area contributed by atoms with E-state index in [4.69, 9.17) is 4.74 Å². The minimum atomic E-state index is -0.355. The van der Waals surface area contributed by atoms with Gasteiger partial charge in [-0.2, -0.15) is 5.10 Å². The third kappa shape index (κ3) is 4.14. The van der Waals surface area contributed by atoms with Crippen LogP contribution < -0.4 is 10.2 Å². The van der Waals surface area contributed by atoms with E-state index in [1.54, 1.807) is 24.4 Å². The molecule has 0 amide bonds. The first-order valence-corrected chi connectivity index (χ1v) is 7.41. The van der Waals surface area contributed by atoms with Crippen molar-refractivity contribution in [2.75, 3.05) is 5.43 Å². The Balaban J connectivity index is 2.09. The quantitative estimate of drug-likeness (QED) is 0.395. The maximum absolute atomic E-state index is 10.9. The van der Waals surface area contributed by atoms with Crippen LogP contribution in [0.3, 0.4) is 0 Å². The number of esters is 1. The topological polar surface area (TPSA) is 63.6 Å². The molecule has 0 atom stereocenters. The lowest BCUT2D eigenvalue weighted by atomic mass is 10.2. The lowest BCUT2D eigenvalue weighted by Crippen LogP contribution is -2.02. The van der Waals surface area contributed by atoms with Crippen LogP contribution in [-0.4, -0.2) is 17.2 Å². The van der Waals surface area contributed by atoms with Crippen molar-refractivity contribution in [3.63, 3.8) is 0 Å². The molecule has 5 nitrogen and oxygen atoms in total. The molecule has 0 fully saturated rings. The number of nitrogens with zero attached hydrogens (tertiary/aromatic N) is 2. The molecule has 0 spiro atoms. The fourth-order valence-corrected chi connectivity index (χ4v) is 2.40. The van der Waals surface area contributed by atoms with Gasteiger partial charge in [-0.1, -0.05) is 15.9 Å². The van der Waals surface area contributed by atoms with Crippen LogP contribution >= 0.6 is 27.3 Å². The Morgan fingerprint density at radius 3 is 3.00 bits per heavy atom. The Labute approximate surface area is 128 Å². The van der Waals surface area contributed by atoms with Gasteiger partial charge in [0, 0.05) is 22.3 Å². The molecule has 104 valence electrons. The van der Waals surface area contributed by atoms with E-state index in [0.717, 1.165) is 20.9 Å². The highest BCUT2D eigenvalue weighted by Gasteiger charge is 2.03. The van der Waals surface area contributed by atoms with Crippen molar-refractivity contribution >= 4 is 44.6 Å². The fraction of sp³-hybridized carbons (Fsp3) is 0.154. The number of thiazole rings is 1. The average molecular weight is 354 g/mol. The number of benzene rings is 1. The highest BCUT2D eigenvalue weighted by molar-refractivity contribution is 9.10. The van der Waals surface area contributed by atoms with E-state index in [-0.39, 0.29) is 5.97 Å². The number of aryl methyl sites for hydroxylation is 1. The van der Waals surface area contributed by atoms with Gasteiger partial charge in [-0.15, -0.1) is 11.3 Å². The van der Waals surface area contributed by atoms with Crippen LogP contribution in [-0.2, 0) is 4.79 Å². The third-order valence-corrected chi connectivity index (χ3v) is 3.80. The molecule has 1 N–H and O–H groups in total. The second-order valence-electron chi connectivity index (χ2n) is 3.94. The van der Waals surface area contributed by atoms with Crippen molar-refractivity contribution in [2.24, 2.45) is 5.10 Å². The Bertz CT molecular complexity index is 655. The molecular weight excluding hydrogens is 342 g/mol. The Morgan fingerprint density at radius 2 is 2.35 bits per heavy atom. The number of anilines is 1. The number of nitrogens with one attached hydrogen (secondary N) is 1. The zero-order chi connectivity index (χ0) is 14.5. The molecule has 0 unspecified atom stereocenters.